The molecule has 4 heteroatoms. The molecule has 5 aliphatic carbocycles. The van der Waals surface area contributed by atoms with Gasteiger partial charge in [-0.05, 0) is 73.3 Å². The lowest BCUT2D eigenvalue weighted by atomic mass is 9.50. The van der Waals surface area contributed by atoms with Gasteiger partial charge in [-0.1, -0.05) is 51.1 Å². The molecule has 9 atom stereocenters. The molecular formula is C31H38O4. The second-order valence-electron chi connectivity index (χ2n) is 13.4. The minimum Gasteiger partial charge on any atom is -0.461 e. The van der Waals surface area contributed by atoms with E-state index in [0.29, 0.717) is 12.3 Å². The average molecular weight is 475 g/mol. The molecule has 4 nitrogen and oxygen atoms in total. The van der Waals surface area contributed by atoms with Gasteiger partial charge in [0.15, 0.2) is 5.41 Å². The Morgan fingerprint density at radius 3 is 2.66 bits per heavy atom. The van der Waals surface area contributed by atoms with Crippen molar-refractivity contribution < 1.29 is 19.1 Å². The SMILES string of the molecule is C=C[C@H]1CC[C@@H]2[C@H]3CCc4ccccc4[C@@H]3[C@]3(C(=O)O[C@@H]4C[C@@H]5CC[C@@]4(C)C5(C)C)C[C@@]21OC3=O. The second-order valence-corrected chi connectivity index (χ2v) is 13.4. The van der Waals surface area contributed by atoms with Gasteiger partial charge in [0.25, 0.3) is 0 Å². The Labute approximate surface area is 208 Å². The van der Waals surface area contributed by atoms with Crippen LogP contribution in [0.5, 0.6) is 0 Å². The molecule has 0 amide bonds. The number of ether oxygens (including phenoxy) is 2. The van der Waals surface area contributed by atoms with E-state index in [2.05, 4.69) is 51.6 Å². The van der Waals surface area contributed by atoms with E-state index in [4.69, 9.17) is 9.47 Å². The van der Waals surface area contributed by atoms with Gasteiger partial charge in [0.05, 0.1) is 0 Å². The molecule has 1 aromatic rings. The van der Waals surface area contributed by atoms with E-state index in [1.54, 1.807) is 0 Å². The highest BCUT2D eigenvalue weighted by atomic mass is 16.6. The summed E-state index contributed by atoms with van der Waals surface area (Å²) < 4.78 is 12.9. The van der Waals surface area contributed by atoms with Gasteiger partial charge in [0, 0.05) is 29.6 Å². The van der Waals surface area contributed by atoms with E-state index in [0.717, 1.165) is 38.5 Å². The first-order chi connectivity index (χ1) is 16.7. The largest absolute Gasteiger partial charge is 0.461 e. The fraction of sp³-hybridized carbons (Fsp3) is 0.677. The summed E-state index contributed by atoms with van der Waals surface area (Å²) in [6, 6.07) is 8.46. The third-order valence-electron chi connectivity index (χ3n) is 12.5. The van der Waals surface area contributed by atoms with Crippen LogP contribution in [0.4, 0.5) is 0 Å². The summed E-state index contributed by atoms with van der Waals surface area (Å²) in [6.07, 6.45) is 9.51. The Morgan fingerprint density at radius 1 is 1.14 bits per heavy atom. The number of benzene rings is 1. The first-order valence-corrected chi connectivity index (χ1v) is 13.8. The fourth-order valence-corrected chi connectivity index (χ4v) is 10.1. The minimum atomic E-state index is -1.24. The van der Waals surface area contributed by atoms with Crippen molar-refractivity contribution in [3.63, 3.8) is 0 Å². The van der Waals surface area contributed by atoms with Gasteiger partial charge in [-0.2, -0.15) is 0 Å². The van der Waals surface area contributed by atoms with Gasteiger partial charge in [0.1, 0.15) is 11.7 Å². The van der Waals surface area contributed by atoms with Crippen molar-refractivity contribution in [3.8, 4) is 0 Å². The Hall–Kier alpha value is -2.10. The predicted octanol–water partition coefficient (Wildman–Crippen LogP) is 5.99. The summed E-state index contributed by atoms with van der Waals surface area (Å²) in [5.74, 6) is 0.430. The van der Waals surface area contributed by atoms with E-state index in [1.807, 2.05) is 6.08 Å². The summed E-state index contributed by atoms with van der Waals surface area (Å²) >= 11 is 0. The fourth-order valence-electron chi connectivity index (χ4n) is 10.1. The zero-order valence-corrected chi connectivity index (χ0v) is 21.3. The molecule has 4 saturated carbocycles. The number of carbonyl (C=O) groups excluding carboxylic acids is 2. The molecule has 1 aliphatic heterocycles. The number of aryl methyl sites for hydroxylation is 1. The second kappa shape index (κ2) is 6.81. The zero-order chi connectivity index (χ0) is 24.4. The van der Waals surface area contributed by atoms with Crippen LogP contribution in [-0.4, -0.2) is 23.6 Å². The summed E-state index contributed by atoms with van der Waals surface area (Å²) in [5, 5.41) is 0. The first kappa shape index (κ1) is 22.1. The molecule has 186 valence electrons. The number of rotatable bonds is 3. The number of fused-ring (bicyclic) bond motifs is 8. The molecule has 5 fully saturated rings. The molecule has 0 aromatic heterocycles. The van der Waals surface area contributed by atoms with E-state index >= 15 is 0 Å². The monoisotopic (exact) mass is 474 g/mol. The Bertz CT molecular complexity index is 1140. The smallest absolute Gasteiger partial charge is 0.324 e. The quantitative estimate of drug-likeness (QED) is 0.307. The van der Waals surface area contributed by atoms with Gasteiger partial charge in [-0.15, -0.1) is 6.58 Å². The van der Waals surface area contributed by atoms with Crippen molar-refractivity contribution in [2.24, 2.45) is 39.9 Å². The van der Waals surface area contributed by atoms with Crippen LogP contribution in [-0.2, 0) is 25.5 Å². The molecule has 1 aromatic carbocycles. The van der Waals surface area contributed by atoms with Gasteiger partial charge < -0.3 is 9.47 Å². The predicted molar refractivity (Wildman–Crippen MR) is 132 cm³/mol. The highest BCUT2D eigenvalue weighted by molar-refractivity contribution is 6.04. The molecule has 6 aliphatic rings. The van der Waals surface area contributed by atoms with Crippen LogP contribution in [0.15, 0.2) is 36.9 Å². The lowest BCUT2D eigenvalue weighted by molar-refractivity contribution is -0.177. The van der Waals surface area contributed by atoms with Crippen molar-refractivity contribution in [2.75, 3.05) is 0 Å². The van der Waals surface area contributed by atoms with Crippen molar-refractivity contribution in [1.29, 1.82) is 0 Å². The highest BCUT2D eigenvalue weighted by Gasteiger charge is 2.77. The molecule has 0 unspecified atom stereocenters. The standard InChI is InChI=1S/C31H38O4/c1-5-19-11-13-23-22-12-10-18-8-6-7-9-21(18)25(22)30(17-31(19,23)35-27(30)33)26(32)34-24-16-20-14-15-29(24,4)28(20,2)3/h5-9,19-20,22-25H,1,10-17H2,2-4H3/t19-,20-,22+,23+,24+,25-,29+,30-,31-/m0/s1. The van der Waals surface area contributed by atoms with E-state index < -0.39 is 11.0 Å². The third-order valence-corrected chi connectivity index (χ3v) is 12.5. The molecule has 1 spiro atoms. The van der Waals surface area contributed by atoms with Crippen molar-refractivity contribution >= 4 is 11.9 Å². The third kappa shape index (κ3) is 2.40. The first-order valence-electron chi connectivity index (χ1n) is 13.8. The number of carbonyl (C=O) groups is 2. The molecule has 0 radical (unpaired) electrons. The van der Waals surface area contributed by atoms with E-state index in [-0.39, 0.29) is 52.5 Å². The molecule has 7 rings (SSSR count). The van der Waals surface area contributed by atoms with Gasteiger partial charge in [-0.25, -0.2) is 0 Å². The maximum absolute atomic E-state index is 14.5. The summed E-state index contributed by atoms with van der Waals surface area (Å²) in [6.45, 7) is 11.1. The minimum absolute atomic E-state index is 0.0394. The lowest BCUT2D eigenvalue weighted by Crippen LogP contribution is -2.56. The zero-order valence-electron chi connectivity index (χ0n) is 21.3. The molecule has 35 heavy (non-hydrogen) atoms. The maximum atomic E-state index is 14.5. The van der Waals surface area contributed by atoms with Crippen molar-refractivity contribution in [2.45, 2.75) is 89.8 Å². The Kier molecular flexibility index (Phi) is 4.30. The molecule has 4 bridgehead atoms. The average Bonchev–Trinajstić information content (AvgIpc) is 3.47. The maximum Gasteiger partial charge on any atom is 0.324 e. The summed E-state index contributed by atoms with van der Waals surface area (Å²) in [7, 11) is 0. The summed E-state index contributed by atoms with van der Waals surface area (Å²) in [5.41, 5.74) is 0.718. The molecular weight excluding hydrogens is 436 g/mol. The Balaban J connectivity index is 1.34. The van der Waals surface area contributed by atoms with Gasteiger partial charge in [-0.3, -0.25) is 9.59 Å². The van der Waals surface area contributed by atoms with Crippen LogP contribution < -0.4 is 0 Å². The normalized spacial score (nSPS) is 48.0. The molecule has 0 N–H and O–H groups in total. The molecule has 1 saturated heterocycles. The van der Waals surface area contributed by atoms with Gasteiger partial charge in [0.2, 0.25) is 0 Å². The van der Waals surface area contributed by atoms with Crippen molar-refractivity contribution in [1.82, 2.24) is 0 Å². The van der Waals surface area contributed by atoms with E-state index in [1.165, 1.54) is 17.5 Å². The van der Waals surface area contributed by atoms with Crippen LogP contribution in [0.1, 0.15) is 82.8 Å². The highest BCUT2D eigenvalue weighted by Crippen LogP contribution is 2.71. The van der Waals surface area contributed by atoms with Crippen LogP contribution in [0, 0.1) is 39.9 Å². The summed E-state index contributed by atoms with van der Waals surface area (Å²) in [4.78, 5) is 28.5. The number of esters is 2. The Morgan fingerprint density at radius 2 is 1.94 bits per heavy atom. The van der Waals surface area contributed by atoms with Crippen LogP contribution in [0.25, 0.3) is 0 Å². The number of hydrogen-bond acceptors (Lipinski definition) is 4. The van der Waals surface area contributed by atoms with Crippen molar-refractivity contribution in [3.05, 3.63) is 48.0 Å². The van der Waals surface area contributed by atoms with Crippen LogP contribution in [0.3, 0.4) is 0 Å². The lowest BCUT2D eigenvalue weighted by Gasteiger charge is -2.51. The molecule has 1 heterocycles. The van der Waals surface area contributed by atoms with Crippen LogP contribution in [0.2, 0.25) is 0 Å². The van der Waals surface area contributed by atoms with Gasteiger partial charge >= 0.3 is 11.9 Å². The van der Waals surface area contributed by atoms with Crippen LogP contribution >= 0.6 is 0 Å². The number of hydrogen-bond donors (Lipinski definition) is 0. The van der Waals surface area contributed by atoms with E-state index in [9.17, 15) is 9.59 Å². The topological polar surface area (TPSA) is 52.6 Å².